The van der Waals surface area contributed by atoms with Gasteiger partial charge in [0.2, 0.25) is 11.1 Å². The van der Waals surface area contributed by atoms with Crippen molar-refractivity contribution in [1.29, 1.82) is 0 Å². The monoisotopic (exact) mass is 383 g/mol. The normalized spacial score (nSPS) is 11.2. The molecule has 2 heterocycles. The van der Waals surface area contributed by atoms with Gasteiger partial charge in [0.05, 0.1) is 5.75 Å². The van der Waals surface area contributed by atoms with Crippen LogP contribution in [0.4, 0.5) is 5.69 Å². The van der Waals surface area contributed by atoms with E-state index in [0.717, 1.165) is 22.0 Å². The van der Waals surface area contributed by atoms with Crippen molar-refractivity contribution in [2.24, 2.45) is 0 Å². The molecule has 4 rings (SSSR count). The summed E-state index contributed by atoms with van der Waals surface area (Å²) in [7, 11) is 0. The van der Waals surface area contributed by atoms with Crippen LogP contribution in [0.3, 0.4) is 0 Å². The number of hydrogen-bond acceptors (Lipinski definition) is 5. The average molecular weight is 384 g/mol. The minimum absolute atomic E-state index is 0.159. The zero-order valence-corrected chi connectivity index (χ0v) is 15.4. The molecular weight excluding hydrogens is 370 g/mol. The van der Waals surface area contributed by atoms with Crippen LogP contribution < -0.4 is 5.32 Å². The lowest BCUT2D eigenvalue weighted by Crippen LogP contribution is -2.14. The first-order valence-corrected chi connectivity index (χ1v) is 9.26. The van der Waals surface area contributed by atoms with Crippen molar-refractivity contribution in [1.82, 2.24) is 20.2 Å². The summed E-state index contributed by atoms with van der Waals surface area (Å²) in [6, 6.07) is 13.1. The molecule has 6 nitrogen and oxygen atoms in total. The minimum atomic E-state index is -0.159. The maximum Gasteiger partial charge on any atom is 0.234 e. The number of anilines is 1. The van der Waals surface area contributed by atoms with E-state index in [1.807, 2.05) is 19.1 Å². The van der Waals surface area contributed by atoms with Gasteiger partial charge in [-0.3, -0.25) is 4.79 Å². The number of fused-ring (bicyclic) bond motifs is 3. The molecule has 0 unspecified atom stereocenters. The topological polar surface area (TPSA) is 83.6 Å². The van der Waals surface area contributed by atoms with Crippen molar-refractivity contribution in [3.05, 3.63) is 53.1 Å². The summed E-state index contributed by atoms with van der Waals surface area (Å²) in [5.41, 5.74) is 4.17. The molecule has 0 fully saturated rings. The Bertz CT molecular complexity index is 1130. The maximum atomic E-state index is 12.1. The van der Waals surface area contributed by atoms with Crippen molar-refractivity contribution in [2.45, 2.75) is 12.1 Å². The van der Waals surface area contributed by atoms with Gasteiger partial charge in [0.1, 0.15) is 5.52 Å². The summed E-state index contributed by atoms with van der Waals surface area (Å²) in [5.74, 6) is 0.0206. The van der Waals surface area contributed by atoms with E-state index in [1.54, 1.807) is 24.3 Å². The maximum absolute atomic E-state index is 12.1. The van der Waals surface area contributed by atoms with Crippen LogP contribution in [0.1, 0.15) is 5.56 Å². The molecule has 0 radical (unpaired) electrons. The first-order valence-electron chi connectivity index (χ1n) is 7.89. The van der Waals surface area contributed by atoms with Crippen LogP contribution in [0.2, 0.25) is 5.02 Å². The third kappa shape index (κ3) is 3.49. The van der Waals surface area contributed by atoms with E-state index in [4.69, 9.17) is 11.6 Å². The molecule has 2 aromatic heterocycles. The van der Waals surface area contributed by atoms with Gasteiger partial charge in [-0.15, -0.1) is 10.2 Å². The van der Waals surface area contributed by atoms with Crippen LogP contribution in [0.25, 0.3) is 22.1 Å². The van der Waals surface area contributed by atoms with Crippen LogP contribution >= 0.6 is 23.4 Å². The molecule has 0 aliphatic heterocycles. The second-order valence-corrected chi connectivity index (χ2v) is 7.19. The fourth-order valence-corrected chi connectivity index (χ4v) is 3.40. The van der Waals surface area contributed by atoms with Gasteiger partial charge in [-0.25, -0.2) is 4.98 Å². The molecule has 2 N–H and O–H groups in total. The third-order valence-electron chi connectivity index (χ3n) is 3.79. The molecule has 4 aromatic rings. The first kappa shape index (κ1) is 16.8. The van der Waals surface area contributed by atoms with Gasteiger partial charge in [-0.05, 0) is 37.3 Å². The van der Waals surface area contributed by atoms with Crippen molar-refractivity contribution >= 4 is 57.0 Å². The predicted octanol–water partition coefficient (Wildman–Crippen LogP) is 4.20. The number of H-pyrrole nitrogens is 1. The lowest BCUT2D eigenvalue weighted by atomic mass is 10.2. The number of nitrogens with zero attached hydrogens (tertiary/aromatic N) is 3. The minimum Gasteiger partial charge on any atom is -0.338 e. The van der Waals surface area contributed by atoms with E-state index in [0.29, 0.717) is 21.5 Å². The number of carbonyl (C=O) groups is 1. The Labute approximate surface area is 158 Å². The highest BCUT2D eigenvalue weighted by molar-refractivity contribution is 7.99. The predicted molar refractivity (Wildman–Crippen MR) is 105 cm³/mol. The van der Waals surface area contributed by atoms with E-state index in [-0.39, 0.29) is 11.7 Å². The summed E-state index contributed by atoms with van der Waals surface area (Å²) in [6.07, 6.45) is 0. The molecule has 26 heavy (non-hydrogen) atoms. The smallest absolute Gasteiger partial charge is 0.234 e. The van der Waals surface area contributed by atoms with Crippen molar-refractivity contribution in [2.75, 3.05) is 11.1 Å². The number of nitrogens with one attached hydrogen (secondary N) is 2. The van der Waals surface area contributed by atoms with Gasteiger partial charge >= 0.3 is 0 Å². The van der Waals surface area contributed by atoms with Gasteiger partial charge in [-0.2, -0.15) is 0 Å². The number of rotatable bonds is 4. The van der Waals surface area contributed by atoms with E-state index in [9.17, 15) is 4.79 Å². The standard InChI is InChI=1S/C18H14ClN5OS/c1-10-5-6-14-13(7-10)16-17(21-14)22-18(24-23-16)26-9-15(25)20-12-4-2-3-11(19)8-12/h2-8H,9H2,1H3,(H,20,25)(H,21,22,24). The lowest BCUT2D eigenvalue weighted by Gasteiger charge is -2.04. The Morgan fingerprint density at radius 3 is 2.96 bits per heavy atom. The second kappa shape index (κ2) is 6.93. The molecule has 0 atom stereocenters. The SMILES string of the molecule is Cc1ccc2[nH]c3nc(SCC(=O)Nc4cccc(Cl)c4)nnc3c2c1. The summed E-state index contributed by atoms with van der Waals surface area (Å²) in [4.78, 5) is 19.8. The van der Waals surface area contributed by atoms with E-state index >= 15 is 0 Å². The van der Waals surface area contributed by atoms with Gasteiger partial charge in [0.25, 0.3) is 0 Å². The highest BCUT2D eigenvalue weighted by Crippen LogP contribution is 2.24. The number of hydrogen-bond donors (Lipinski definition) is 2. The number of amides is 1. The van der Waals surface area contributed by atoms with Gasteiger partial charge in [0, 0.05) is 21.6 Å². The van der Waals surface area contributed by atoms with Crippen molar-refractivity contribution in [3.63, 3.8) is 0 Å². The Morgan fingerprint density at radius 2 is 2.12 bits per heavy atom. The highest BCUT2D eigenvalue weighted by Gasteiger charge is 2.11. The quantitative estimate of drug-likeness (QED) is 0.516. The van der Waals surface area contributed by atoms with Crippen LogP contribution in [0, 0.1) is 6.92 Å². The van der Waals surface area contributed by atoms with Gasteiger partial charge < -0.3 is 10.3 Å². The van der Waals surface area contributed by atoms with E-state index < -0.39 is 0 Å². The molecule has 130 valence electrons. The number of halogens is 1. The van der Waals surface area contributed by atoms with Crippen LogP contribution in [-0.2, 0) is 4.79 Å². The zero-order valence-electron chi connectivity index (χ0n) is 13.8. The molecule has 0 bridgehead atoms. The highest BCUT2D eigenvalue weighted by atomic mass is 35.5. The molecule has 0 saturated carbocycles. The fourth-order valence-electron chi connectivity index (χ4n) is 2.62. The molecule has 0 aliphatic rings. The number of benzene rings is 2. The Hall–Kier alpha value is -2.64. The van der Waals surface area contributed by atoms with Gasteiger partial charge in [0.15, 0.2) is 5.65 Å². The Balaban J connectivity index is 1.48. The number of aryl methyl sites for hydroxylation is 1. The number of aromatic nitrogens is 4. The molecule has 1 amide bonds. The second-order valence-electron chi connectivity index (χ2n) is 5.81. The van der Waals surface area contributed by atoms with E-state index in [2.05, 4.69) is 31.5 Å². The largest absolute Gasteiger partial charge is 0.338 e. The molecule has 0 saturated heterocycles. The van der Waals surface area contributed by atoms with Crippen LogP contribution in [0.15, 0.2) is 47.6 Å². The van der Waals surface area contributed by atoms with Gasteiger partial charge in [-0.1, -0.05) is 41.1 Å². The molecule has 0 spiro atoms. The first-order chi connectivity index (χ1) is 12.6. The van der Waals surface area contributed by atoms with Crippen LogP contribution in [-0.4, -0.2) is 31.8 Å². The summed E-state index contributed by atoms with van der Waals surface area (Å²) < 4.78 is 0. The third-order valence-corrected chi connectivity index (χ3v) is 4.86. The Kier molecular flexibility index (Phi) is 4.48. The lowest BCUT2D eigenvalue weighted by molar-refractivity contribution is -0.113. The molecule has 0 aliphatic carbocycles. The Morgan fingerprint density at radius 1 is 1.23 bits per heavy atom. The van der Waals surface area contributed by atoms with Crippen LogP contribution in [0.5, 0.6) is 0 Å². The fraction of sp³-hybridized carbons (Fsp3) is 0.111. The molecule has 2 aromatic carbocycles. The van der Waals surface area contributed by atoms with E-state index in [1.165, 1.54) is 11.8 Å². The molecular formula is C18H14ClN5OS. The van der Waals surface area contributed by atoms with Crippen molar-refractivity contribution in [3.8, 4) is 0 Å². The number of carbonyl (C=O) groups excluding carboxylic acids is 1. The van der Waals surface area contributed by atoms with Crippen molar-refractivity contribution < 1.29 is 4.79 Å². The number of aromatic amines is 1. The molecule has 8 heteroatoms. The average Bonchev–Trinajstić information content (AvgIpc) is 2.97. The summed E-state index contributed by atoms with van der Waals surface area (Å²) in [5, 5.41) is 13.2. The zero-order chi connectivity index (χ0) is 18.1. The number of thioether (sulfide) groups is 1. The summed E-state index contributed by atoms with van der Waals surface area (Å²) in [6.45, 7) is 2.03. The summed E-state index contributed by atoms with van der Waals surface area (Å²) >= 11 is 7.14.